The molecule has 0 saturated heterocycles. The predicted octanol–water partition coefficient (Wildman–Crippen LogP) is 3.40. The van der Waals surface area contributed by atoms with E-state index in [1.54, 1.807) is 13.8 Å². The van der Waals surface area contributed by atoms with Crippen molar-refractivity contribution >= 4 is 13.4 Å². The SMILES string of the molecule is CCCCC(C(C)=O)P(=O)(OCC)OCC. The molecule has 0 aromatic heterocycles. The van der Waals surface area contributed by atoms with Crippen molar-refractivity contribution in [2.75, 3.05) is 13.2 Å². The van der Waals surface area contributed by atoms with Crippen molar-refractivity contribution in [2.24, 2.45) is 0 Å². The van der Waals surface area contributed by atoms with Gasteiger partial charge in [-0.2, -0.15) is 0 Å². The van der Waals surface area contributed by atoms with E-state index in [4.69, 9.17) is 9.05 Å². The van der Waals surface area contributed by atoms with E-state index in [1.807, 2.05) is 6.92 Å². The van der Waals surface area contributed by atoms with Crippen molar-refractivity contribution < 1.29 is 18.4 Å². The van der Waals surface area contributed by atoms with Crippen molar-refractivity contribution in [1.82, 2.24) is 0 Å². The van der Waals surface area contributed by atoms with Crippen LogP contribution < -0.4 is 0 Å². The molecule has 0 aromatic rings. The molecule has 5 heteroatoms. The van der Waals surface area contributed by atoms with Crippen LogP contribution in [0.15, 0.2) is 0 Å². The lowest BCUT2D eigenvalue weighted by molar-refractivity contribution is -0.117. The van der Waals surface area contributed by atoms with Gasteiger partial charge in [0.2, 0.25) is 0 Å². The fraction of sp³-hybridized carbons (Fsp3) is 0.909. The molecule has 0 fully saturated rings. The Labute approximate surface area is 98.2 Å². The minimum atomic E-state index is -3.26. The Morgan fingerprint density at radius 1 is 1.19 bits per heavy atom. The van der Waals surface area contributed by atoms with Crippen LogP contribution in [0.3, 0.4) is 0 Å². The Balaban J connectivity index is 4.78. The Hall–Kier alpha value is -0.180. The molecule has 0 radical (unpaired) electrons. The molecule has 0 bridgehead atoms. The summed E-state index contributed by atoms with van der Waals surface area (Å²) in [6, 6.07) is 0. The third-order valence-corrected chi connectivity index (χ3v) is 4.92. The maximum Gasteiger partial charge on any atom is 0.341 e. The molecule has 1 unspecified atom stereocenters. The highest BCUT2D eigenvalue weighted by atomic mass is 31.2. The molecule has 0 spiro atoms. The third-order valence-electron chi connectivity index (χ3n) is 2.30. The second-order valence-electron chi connectivity index (χ2n) is 3.64. The topological polar surface area (TPSA) is 52.6 Å². The van der Waals surface area contributed by atoms with E-state index in [2.05, 4.69) is 0 Å². The zero-order valence-electron chi connectivity index (χ0n) is 10.7. The zero-order valence-corrected chi connectivity index (χ0v) is 11.6. The first-order valence-electron chi connectivity index (χ1n) is 5.91. The van der Waals surface area contributed by atoms with E-state index in [1.165, 1.54) is 6.92 Å². The molecule has 1 atom stereocenters. The Kier molecular flexibility index (Phi) is 7.90. The molecule has 0 N–H and O–H groups in total. The Morgan fingerprint density at radius 2 is 1.69 bits per heavy atom. The van der Waals surface area contributed by atoms with Gasteiger partial charge in [-0.1, -0.05) is 19.8 Å². The molecule has 96 valence electrons. The van der Waals surface area contributed by atoms with E-state index in [0.29, 0.717) is 19.6 Å². The van der Waals surface area contributed by atoms with Gasteiger partial charge in [0.1, 0.15) is 11.4 Å². The molecule has 0 aliphatic carbocycles. The molecule has 0 amide bonds. The van der Waals surface area contributed by atoms with Crippen LogP contribution in [0.4, 0.5) is 0 Å². The van der Waals surface area contributed by atoms with Crippen LogP contribution in [0.1, 0.15) is 47.0 Å². The summed E-state index contributed by atoms with van der Waals surface area (Å²) in [5, 5.41) is 0. The molecule has 0 aliphatic rings. The molecule has 0 aliphatic heterocycles. The van der Waals surface area contributed by atoms with Gasteiger partial charge < -0.3 is 9.05 Å². The molecule has 0 aromatic carbocycles. The molecule has 16 heavy (non-hydrogen) atoms. The summed E-state index contributed by atoms with van der Waals surface area (Å²) in [6.45, 7) is 7.58. The summed E-state index contributed by atoms with van der Waals surface area (Å²) < 4.78 is 22.8. The van der Waals surface area contributed by atoms with Gasteiger partial charge in [0.05, 0.1) is 13.2 Å². The standard InChI is InChI=1S/C11H23O4P/c1-5-8-9-11(10(4)12)16(13,14-6-2)15-7-3/h11H,5-9H2,1-4H3. The summed E-state index contributed by atoms with van der Waals surface area (Å²) in [5.41, 5.74) is -0.604. The van der Waals surface area contributed by atoms with E-state index in [-0.39, 0.29) is 5.78 Å². The van der Waals surface area contributed by atoms with Crippen molar-refractivity contribution in [3.63, 3.8) is 0 Å². The van der Waals surface area contributed by atoms with E-state index in [0.717, 1.165) is 12.8 Å². The summed E-state index contributed by atoms with van der Waals surface area (Å²) in [5.74, 6) is -0.112. The largest absolute Gasteiger partial charge is 0.341 e. The van der Waals surface area contributed by atoms with Crippen LogP contribution in [0, 0.1) is 0 Å². The highest BCUT2D eigenvalue weighted by Gasteiger charge is 2.38. The minimum absolute atomic E-state index is 0.112. The van der Waals surface area contributed by atoms with Crippen LogP contribution in [0.25, 0.3) is 0 Å². The van der Waals surface area contributed by atoms with Gasteiger partial charge in [-0.3, -0.25) is 9.36 Å². The quantitative estimate of drug-likeness (QED) is 0.588. The summed E-state index contributed by atoms with van der Waals surface area (Å²) >= 11 is 0. The molecule has 4 nitrogen and oxygen atoms in total. The second-order valence-corrected chi connectivity index (χ2v) is 5.86. The number of unbranched alkanes of at least 4 members (excludes halogenated alkanes) is 1. The van der Waals surface area contributed by atoms with E-state index < -0.39 is 13.3 Å². The van der Waals surface area contributed by atoms with Gasteiger partial charge in [0.15, 0.2) is 0 Å². The number of hydrogen-bond donors (Lipinski definition) is 0. The third kappa shape index (κ3) is 4.77. The van der Waals surface area contributed by atoms with Gasteiger partial charge in [0, 0.05) is 0 Å². The van der Waals surface area contributed by atoms with Crippen LogP contribution >= 0.6 is 7.60 Å². The first-order valence-corrected chi connectivity index (χ1v) is 7.52. The fourth-order valence-corrected chi connectivity index (χ4v) is 3.66. The van der Waals surface area contributed by atoms with Gasteiger partial charge in [-0.05, 0) is 27.2 Å². The van der Waals surface area contributed by atoms with Crippen molar-refractivity contribution in [1.29, 1.82) is 0 Å². The van der Waals surface area contributed by atoms with Crippen molar-refractivity contribution in [2.45, 2.75) is 52.6 Å². The van der Waals surface area contributed by atoms with Gasteiger partial charge in [-0.25, -0.2) is 0 Å². The molecule has 0 rings (SSSR count). The number of rotatable bonds is 9. The second kappa shape index (κ2) is 7.99. The average molecular weight is 250 g/mol. The molecular formula is C11H23O4P. The number of ketones is 1. The van der Waals surface area contributed by atoms with E-state index in [9.17, 15) is 9.36 Å². The first-order chi connectivity index (χ1) is 7.51. The number of hydrogen-bond acceptors (Lipinski definition) is 4. The van der Waals surface area contributed by atoms with Crippen molar-refractivity contribution in [3.05, 3.63) is 0 Å². The highest BCUT2D eigenvalue weighted by molar-refractivity contribution is 7.55. The number of Topliss-reactive ketones (excluding diaryl/α,β-unsaturated/α-hetero) is 1. The predicted molar refractivity (Wildman–Crippen MR) is 64.9 cm³/mol. The number of carbonyl (C=O) groups excluding carboxylic acids is 1. The lowest BCUT2D eigenvalue weighted by Crippen LogP contribution is -2.21. The highest BCUT2D eigenvalue weighted by Crippen LogP contribution is 2.54. The van der Waals surface area contributed by atoms with Crippen molar-refractivity contribution in [3.8, 4) is 0 Å². The van der Waals surface area contributed by atoms with Gasteiger partial charge in [-0.15, -0.1) is 0 Å². The Morgan fingerprint density at radius 3 is 2.00 bits per heavy atom. The van der Waals surface area contributed by atoms with Gasteiger partial charge in [0.25, 0.3) is 0 Å². The minimum Gasteiger partial charge on any atom is -0.308 e. The maximum absolute atomic E-state index is 12.4. The lowest BCUT2D eigenvalue weighted by atomic mass is 10.1. The molecule has 0 heterocycles. The van der Waals surface area contributed by atoms with Crippen LogP contribution in [-0.4, -0.2) is 24.7 Å². The van der Waals surface area contributed by atoms with Crippen LogP contribution in [0.5, 0.6) is 0 Å². The Bertz CT molecular complexity index is 242. The summed E-state index contributed by atoms with van der Waals surface area (Å²) in [6.07, 6.45) is 2.39. The maximum atomic E-state index is 12.4. The lowest BCUT2D eigenvalue weighted by Gasteiger charge is -2.24. The number of carbonyl (C=O) groups is 1. The van der Waals surface area contributed by atoms with E-state index >= 15 is 0 Å². The molecular weight excluding hydrogens is 227 g/mol. The smallest absolute Gasteiger partial charge is 0.308 e. The van der Waals surface area contributed by atoms with Crippen LogP contribution in [0.2, 0.25) is 0 Å². The summed E-state index contributed by atoms with van der Waals surface area (Å²) in [4.78, 5) is 11.5. The average Bonchev–Trinajstić information content (AvgIpc) is 2.18. The first kappa shape index (κ1) is 15.8. The zero-order chi connectivity index (χ0) is 12.6. The monoisotopic (exact) mass is 250 g/mol. The molecule has 0 saturated carbocycles. The normalized spacial score (nSPS) is 13.8. The fourth-order valence-electron chi connectivity index (χ4n) is 1.56. The summed E-state index contributed by atoms with van der Waals surface area (Å²) in [7, 11) is -3.26. The van der Waals surface area contributed by atoms with Gasteiger partial charge >= 0.3 is 7.60 Å². The van der Waals surface area contributed by atoms with Crippen LogP contribution in [-0.2, 0) is 18.4 Å².